The lowest BCUT2D eigenvalue weighted by atomic mass is 9.98. The number of benzene rings is 3. The molecule has 3 aliphatic rings. The van der Waals surface area contributed by atoms with Crippen LogP contribution in [0.1, 0.15) is 32.7 Å². The number of rotatable bonds is 5. The fraction of sp³-hybridized carbons (Fsp3) is 0.323. The predicted octanol–water partition coefficient (Wildman–Crippen LogP) is 3.17. The second-order valence-corrected chi connectivity index (χ2v) is 10.6. The standard InChI is InChI=1S/C31H30N4O4/c36-30-24-9-5-4-8-23(24)26(32-33-30)16-21-14-22-10-12-39-29(22)25(15-21)31(37)35-18-27-28(19-35)38-13-11-34(27)17-20-6-2-1-3-7-20/h1-9,14-15,27-28H,10-13,16-19H2,(H,33,36). The molecule has 1 N–H and O–H groups in total. The zero-order valence-corrected chi connectivity index (χ0v) is 21.6. The van der Waals surface area contributed by atoms with Gasteiger partial charge in [-0.15, -0.1) is 0 Å². The molecule has 198 valence electrons. The van der Waals surface area contributed by atoms with E-state index < -0.39 is 0 Å². The molecule has 3 aromatic carbocycles. The van der Waals surface area contributed by atoms with Crippen molar-refractivity contribution in [2.45, 2.75) is 31.5 Å². The molecule has 0 radical (unpaired) electrons. The Kier molecular flexibility index (Phi) is 6.14. The van der Waals surface area contributed by atoms with Crippen molar-refractivity contribution in [2.24, 2.45) is 0 Å². The summed E-state index contributed by atoms with van der Waals surface area (Å²) in [6.45, 7) is 4.14. The summed E-state index contributed by atoms with van der Waals surface area (Å²) in [5.74, 6) is 0.673. The van der Waals surface area contributed by atoms with Crippen LogP contribution in [-0.2, 0) is 24.1 Å². The van der Waals surface area contributed by atoms with Gasteiger partial charge in [0.05, 0.1) is 42.0 Å². The number of ether oxygens (including phenoxy) is 2. The van der Waals surface area contributed by atoms with Gasteiger partial charge in [-0.25, -0.2) is 5.10 Å². The number of aromatic nitrogens is 2. The van der Waals surface area contributed by atoms with Crippen LogP contribution in [0, 0.1) is 0 Å². The molecule has 0 spiro atoms. The number of hydrogen-bond acceptors (Lipinski definition) is 6. The van der Waals surface area contributed by atoms with Gasteiger partial charge in [-0.3, -0.25) is 14.5 Å². The van der Waals surface area contributed by atoms with Gasteiger partial charge in [-0.05, 0) is 28.8 Å². The molecular weight excluding hydrogens is 492 g/mol. The van der Waals surface area contributed by atoms with Crippen LogP contribution in [0.4, 0.5) is 0 Å². The van der Waals surface area contributed by atoms with E-state index >= 15 is 0 Å². The lowest BCUT2D eigenvalue weighted by molar-refractivity contribution is -0.0503. The summed E-state index contributed by atoms with van der Waals surface area (Å²) in [4.78, 5) is 30.6. The molecule has 2 atom stereocenters. The third kappa shape index (κ3) is 4.49. The SMILES string of the molecule is O=C(c1cc(Cc2n[nH]c(=O)c3ccccc23)cc2c1OCC2)N1CC2OCCN(Cc3ccccc3)C2C1. The Morgan fingerprint density at radius 1 is 0.974 bits per heavy atom. The Morgan fingerprint density at radius 3 is 2.67 bits per heavy atom. The normalized spacial score (nSPS) is 20.6. The average Bonchev–Trinajstić information content (AvgIpc) is 3.62. The number of H-pyrrole nitrogens is 1. The average molecular weight is 523 g/mol. The minimum Gasteiger partial charge on any atom is -0.492 e. The summed E-state index contributed by atoms with van der Waals surface area (Å²) in [5, 5.41) is 8.41. The van der Waals surface area contributed by atoms with Crippen molar-refractivity contribution in [3.63, 3.8) is 0 Å². The van der Waals surface area contributed by atoms with Crippen LogP contribution >= 0.6 is 0 Å². The number of morpholine rings is 1. The number of hydrogen-bond donors (Lipinski definition) is 1. The Morgan fingerprint density at radius 2 is 1.79 bits per heavy atom. The van der Waals surface area contributed by atoms with Gasteiger partial charge in [0.25, 0.3) is 11.5 Å². The van der Waals surface area contributed by atoms with E-state index in [1.165, 1.54) is 5.56 Å². The molecule has 1 aromatic heterocycles. The summed E-state index contributed by atoms with van der Waals surface area (Å²) >= 11 is 0. The summed E-state index contributed by atoms with van der Waals surface area (Å²) < 4.78 is 12.1. The maximum atomic E-state index is 14.0. The van der Waals surface area contributed by atoms with Gasteiger partial charge in [0.15, 0.2) is 0 Å². The summed E-state index contributed by atoms with van der Waals surface area (Å²) in [5.41, 5.74) is 4.47. The zero-order valence-electron chi connectivity index (χ0n) is 21.6. The number of amides is 1. The third-order valence-electron chi connectivity index (χ3n) is 8.15. The molecule has 2 fully saturated rings. The van der Waals surface area contributed by atoms with E-state index in [-0.39, 0.29) is 23.6 Å². The largest absolute Gasteiger partial charge is 0.492 e. The minimum absolute atomic E-state index is 0.000249. The highest BCUT2D eigenvalue weighted by Gasteiger charge is 2.42. The van der Waals surface area contributed by atoms with Crippen molar-refractivity contribution in [3.8, 4) is 5.75 Å². The van der Waals surface area contributed by atoms with E-state index in [1.807, 2.05) is 35.2 Å². The molecule has 2 unspecified atom stereocenters. The number of nitrogens with one attached hydrogen (secondary N) is 1. The van der Waals surface area contributed by atoms with Crippen LogP contribution in [0.3, 0.4) is 0 Å². The topological polar surface area (TPSA) is 87.8 Å². The molecule has 0 bridgehead atoms. The molecule has 0 aliphatic carbocycles. The maximum absolute atomic E-state index is 14.0. The van der Waals surface area contributed by atoms with Crippen LogP contribution in [0.25, 0.3) is 10.8 Å². The van der Waals surface area contributed by atoms with E-state index in [0.29, 0.717) is 49.4 Å². The van der Waals surface area contributed by atoms with E-state index in [9.17, 15) is 9.59 Å². The molecule has 4 aromatic rings. The second-order valence-electron chi connectivity index (χ2n) is 10.6. The number of likely N-dealkylation sites (tertiary alicyclic amines) is 1. The Hall–Kier alpha value is -4.01. The zero-order chi connectivity index (χ0) is 26.3. The molecule has 3 aliphatic heterocycles. The Labute approximate surface area is 226 Å². The van der Waals surface area contributed by atoms with Gasteiger partial charge >= 0.3 is 0 Å². The molecule has 7 rings (SSSR count). The van der Waals surface area contributed by atoms with Crippen molar-refractivity contribution >= 4 is 16.7 Å². The molecule has 4 heterocycles. The Bertz CT molecular complexity index is 1600. The quantitative estimate of drug-likeness (QED) is 0.433. The number of nitrogens with zero attached hydrogens (tertiary/aromatic N) is 3. The Balaban J connectivity index is 1.16. The lowest BCUT2D eigenvalue weighted by Gasteiger charge is -2.36. The molecule has 39 heavy (non-hydrogen) atoms. The minimum atomic E-state index is -0.202. The van der Waals surface area contributed by atoms with Crippen LogP contribution in [0.2, 0.25) is 0 Å². The molecule has 8 heteroatoms. The van der Waals surface area contributed by atoms with Crippen molar-refractivity contribution in [2.75, 3.05) is 32.8 Å². The lowest BCUT2D eigenvalue weighted by Crippen LogP contribution is -2.50. The third-order valence-corrected chi connectivity index (χ3v) is 8.15. The predicted molar refractivity (Wildman–Crippen MR) is 147 cm³/mol. The first kappa shape index (κ1) is 24.1. The number of carbonyl (C=O) groups is 1. The highest BCUT2D eigenvalue weighted by atomic mass is 16.5. The molecule has 2 saturated heterocycles. The monoisotopic (exact) mass is 522 g/mol. The first-order valence-corrected chi connectivity index (χ1v) is 13.6. The van der Waals surface area contributed by atoms with Gasteiger partial charge in [0.2, 0.25) is 0 Å². The molecule has 8 nitrogen and oxygen atoms in total. The van der Waals surface area contributed by atoms with Crippen molar-refractivity contribution < 1.29 is 14.3 Å². The van der Waals surface area contributed by atoms with Gasteiger partial charge in [0.1, 0.15) is 5.75 Å². The number of aromatic amines is 1. The first-order valence-electron chi connectivity index (χ1n) is 13.6. The van der Waals surface area contributed by atoms with Gasteiger partial charge in [0, 0.05) is 44.4 Å². The number of carbonyl (C=O) groups excluding carboxylic acids is 1. The summed E-state index contributed by atoms with van der Waals surface area (Å²) in [6, 6.07) is 22.2. The smallest absolute Gasteiger partial charge is 0.272 e. The van der Waals surface area contributed by atoms with E-state index in [0.717, 1.165) is 41.7 Å². The van der Waals surface area contributed by atoms with Gasteiger partial charge in [-0.2, -0.15) is 5.10 Å². The fourth-order valence-electron chi connectivity index (χ4n) is 6.24. The van der Waals surface area contributed by atoms with Crippen LogP contribution in [-0.4, -0.2) is 70.9 Å². The van der Waals surface area contributed by atoms with Crippen LogP contribution in [0.5, 0.6) is 5.75 Å². The van der Waals surface area contributed by atoms with Crippen molar-refractivity contribution in [1.82, 2.24) is 20.0 Å². The highest BCUT2D eigenvalue weighted by molar-refractivity contribution is 5.98. The van der Waals surface area contributed by atoms with Crippen molar-refractivity contribution in [3.05, 3.63) is 105 Å². The van der Waals surface area contributed by atoms with Gasteiger partial charge in [-0.1, -0.05) is 54.6 Å². The molecule has 0 saturated carbocycles. The first-order chi connectivity index (χ1) is 19.1. The fourth-order valence-corrected chi connectivity index (χ4v) is 6.24. The van der Waals surface area contributed by atoms with E-state index in [4.69, 9.17) is 9.47 Å². The van der Waals surface area contributed by atoms with Crippen LogP contribution < -0.4 is 10.3 Å². The highest BCUT2D eigenvalue weighted by Crippen LogP contribution is 2.35. The van der Waals surface area contributed by atoms with Crippen LogP contribution in [0.15, 0.2) is 71.5 Å². The van der Waals surface area contributed by atoms with Crippen molar-refractivity contribution in [1.29, 1.82) is 0 Å². The van der Waals surface area contributed by atoms with Gasteiger partial charge < -0.3 is 14.4 Å². The maximum Gasteiger partial charge on any atom is 0.272 e. The molecule has 1 amide bonds. The number of fused-ring (bicyclic) bond motifs is 3. The van der Waals surface area contributed by atoms with E-state index in [2.05, 4.69) is 45.4 Å². The van der Waals surface area contributed by atoms with E-state index in [1.54, 1.807) is 6.07 Å². The summed E-state index contributed by atoms with van der Waals surface area (Å²) in [6.07, 6.45) is 1.27. The summed E-state index contributed by atoms with van der Waals surface area (Å²) in [7, 11) is 0. The second kappa shape index (κ2) is 9.94. The molecular formula is C31H30N4O4.